The Hall–Kier alpha value is -2.11. The predicted molar refractivity (Wildman–Crippen MR) is 115 cm³/mol. The summed E-state index contributed by atoms with van der Waals surface area (Å²) in [4.78, 5) is 12.8. The molecule has 0 fully saturated rings. The van der Waals surface area contributed by atoms with Gasteiger partial charge in [0.05, 0.1) is 6.10 Å². The lowest BCUT2D eigenvalue weighted by atomic mass is 9.98. The topological polar surface area (TPSA) is 47.6 Å². The number of ether oxygens (including phenoxy) is 1. The lowest BCUT2D eigenvalue weighted by Gasteiger charge is -2.41. The fraction of sp³-hybridized carbons (Fsp3) is 0.435. The molecular formula is C23H31NO3Si. The zero-order valence-electron chi connectivity index (χ0n) is 17.5. The highest BCUT2D eigenvalue weighted by atomic mass is 28.4. The highest BCUT2D eigenvalue weighted by Gasteiger charge is 2.42. The van der Waals surface area contributed by atoms with Crippen molar-refractivity contribution in [1.82, 2.24) is 5.32 Å². The number of carbonyl (C=O) groups is 1. The van der Waals surface area contributed by atoms with Gasteiger partial charge in [0.25, 0.3) is 5.91 Å². The van der Waals surface area contributed by atoms with Crippen LogP contribution in [0.15, 0.2) is 54.6 Å². The van der Waals surface area contributed by atoms with Crippen molar-refractivity contribution in [2.45, 2.75) is 64.1 Å². The van der Waals surface area contributed by atoms with Crippen molar-refractivity contribution in [3.05, 3.63) is 65.7 Å². The summed E-state index contributed by atoms with van der Waals surface area (Å²) < 4.78 is 12.7. The van der Waals surface area contributed by atoms with Gasteiger partial charge in [0, 0.05) is 18.5 Å². The van der Waals surface area contributed by atoms with E-state index in [0.29, 0.717) is 13.0 Å². The Labute approximate surface area is 169 Å². The van der Waals surface area contributed by atoms with E-state index in [1.807, 2.05) is 54.6 Å². The van der Waals surface area contributed by atoms with E-state index in [-0.39, 0.29) is 17.0 Å². The monoisotopic (exact) mass is 397 g/mol. The second-order valence-electron chi connectivity index (χ2n) is 8.95. The predicted octanol–water partition coefficient (Wildman–Crippen LogP) is 5.22. The fourth-order valence-electron chi connectivity index (χ4n) is 3.08. The average molecular weight is 398 g/mol. The summed E-state index contributed by atoms with van der Waals surface area (Å²) >= 11 is 0. The van der Waals surface area contributed by atoms with Crippen LogP contribution in [0.4, 0.5) is 0 Å². The lowest BCUT2D eigenvalue weighted by molar-refractivity contribution is -0.130. The molecule has 0 aromatic heterocycles. The molecule has 1 heterocycles. The Morgan fingerprint density at radius 3 is 2.43 bits per heavy atom. The number of rotatable bonds is 5. The van der Waals surface area contributed by atoms with Crippen molar-refractivity contribution >= 4 is 14.2 Å². The van der Waals surface area contributed by atoms with Crippen molar-refractivity contribution in [2.75, 3.05) is 0 Å². The first-order chi connectivity index (χ1) is 13.2. The van der Waals surface area contributed by atoms with Gasteiger partial charge in [0.2, 0.25) is 0 Å². The number of hydrogen-bond acceptors (Lipinski definition) is 3. The second-order valence-corrected chi connectivity index (χ2v) is 13.7. The Kier molecular flexibility index (Phi) is 5.96. The van der Waals surface area contributed by atoms with Crippen molar-refractivity contribution in [2.24, 2.45) is 0 Å². The molecule has 2 aromatic rings. The summed E-state index contributed by atoms with van der Waals surface area (Å²) in [7, 11) is -1.98. The van der Waals surface area contributed by atoms with E-state index >= 15 is 0 Å². The quantitative estimate of drug-likeness (QED) is 0.704. The number of amides is 1. The van der Waals surface area contributed by atoms with Gasteiger partial charge in [0.1, 0.15) is 5.75 Å². The summed E-state index contributed by atoms with van der Waals surface area (Å²) in [5.41, 5.74) is 2.11. The molecule has 1 N–H and O–H groups in total. The van der Waals surface area contributed by atoms with Crippen LogP contribution in [0.3, 0.4) is 0 Å². The third kappa shape index (κ3) is 4.65. The standard InChI is InChI=1S/C23H31NO3Si/c1-23(2,3)28(4,5)27-20-15-21(26-19-14-10-9-13-18(19)20)22(25)24-16-17-11-7-6-8-12-17/h6-14,20-21H,15-16H2,1-5H3,(H,24,25). The van der Waals surface area contributed by atoms with Crippen LogP contribution in [0.25, 0.3) is 0 Å². The number of nitrogens with one attached hydrogen (secondary N) is 1. The van der Waals surface area contributed by atoms with Crippen LogP contribution in [-0.2, 0) is 15.8 Å². The molecule has 0 bridgehead atoms. The van der Waals surface area contributed by atoms with Crippen LogP contribution < -0.4 is 10.1 Å². The van der Waals surface area contributed by atoms with E-state index in [4.69, 9.17) is 9.16 Å². The van der Waals surface area contributed by atoms with Gasteiger partial charge < -0.3 is 14.5 Å². The molecule has 0 saturated heterocycles. The van der Waals surface area contributed by atoms with E-state index in [2.05, 4.69) is 39.2 Å². The van der Waals surface area contributed by atoms with Gasteiger partial charge in [0.15, 0.2) is 14.4 Å². The van der Waals surface area contributed by atoms with Crippen molar-refractivity contribution < 1.29 is 14.0 Å². The smallest absolute Gasteiger partial charge is 0.261 e. The molecule has 28 heavy (non-hydrogen) atoms. The van der Waals surface area contributed by atoms with Gasteiger partial charge in [-0.1, -0.05) is 69.3 Å². The van der Waals surface area contributed by atoms with Crippen LogP contribution in [0.5, 0.6) is 5.75 Å². The highest BCUT2D eigenvalue weighted by Crippen LogP contribution is 2.44. The molecule has 2 atom stereocenters. The summed E-state index contributed by atoms with van der Waals surface area (Å²) in [5, 5.41) is 3.11. The van der Waals surface area contributed by atoms with Gasteiger partial charge in [-0.05, 0) is 29.8 Å². The molecule has 1 aliphatic rings. The first kappa shape index (κ1) is 20.6. The zero-order chi connectivity index (χ0) is 20.4. The molecule has 4 nitrogen and oxygen atoms in total. The summed E-state index contributed by atoms with van der Waals surface area (Å²) in [6, 6.07) is 17.8. The van der Waals surface area contributed by atoms with E-state index in [0.717, 1.165) is 16.9 Å². The van der Waals surface area contributed by atoms with Gasteiger partial charge >= 0.3 is 0 Å². The fourth-order valence-corrected chi connectivity index (χ4v) is 4.37. The van der Waals surface area contributed by atoms with Gasteiger partial charge in [-0.2, -0.15) is 0 Å². The molecule has 0 aliphatic carbocycles. The van der Waals surface area contributed by atoms with Crippen molar-refractivity contribution in [3.63, 3.8) is 0 Å². The molecule has 1 aliphatic heterocycles. The molecule has 0 spiro atoms. The Morgan fingerprint density at radius 1 is 1.11 bits per heavy atom. The molecule has 0 radical (unpaired) electrons. The van der Waals surface area contributed by atoms with Crippen LogP contribution in [-0.4, -0.2) is 20.3 Å². The number of carbonyl (C=O) groups excluding carboxylic acids is 1. The summed E-state index contributed by atoms with van der Waals surface area (Å²) in [5.74, 6) is 0.652. The Bertz CT molecular complexity index is 814. The number of benzene rings is 2. The molecule has 1 amide bonds. The molecule has 150 valence electrons. The molecular weight excluding hydrogens is 366 g/mol. The van der Waals surface area contributed by atoms with Crippen LogP contribution in [0.1, 0.15) is 44.4 Å². The first-order valence-electron chi connectivity index (χ1n) is 9.92. The lowest BCUT2D eigenvalue weighted by Crippen LogP contribution is -2.46. The van der Waals surface area contributed by atoms with Crippen LogP contribution in [0, 0.1) is 0 Å². The minimum atomic E-state index is -1.98. The largest absolute Gasteiger partial charge is 0.480 e. The van der Waals surface area contributed by atoms with Gasteiger partial charge in [-0.15, -0.1) is 0 Å². The van der Waals surface area contributed by atoms with E-state index < -0.39 is 14.4 Å². The third-order valence-corrected chi connectivity index (χ3v) is 10.3. The van der Waals surface area contributed by atoms with Crippen molar-refractivity contribution in [3.8, 4) is 5.75 Å². The Morgan fingerprint density at radius 2 is 1.75 bits per heavy atom. The van der Waals surface area contributed by atoms with Crippen LogP contribution in [0.2, 0.25) is 18.1 Å². The number of para-hydroxylation sites is 1. The normalized spacial score (nSPS) is 19.5. The summed E-state index contributed by atoms with van der Waals surface area (Å²) in [6.07, 6.45) is -0.142. The number of hydrogen-bond donors (Lipinski definition) is 1. The van der Waals surface area contributed by atoms with Gasteiger partial charge in [-0.25, -0.2) is 0 Å². The van der Waals surface area contributed by atoms with Crippen LogP contribution >= 0.6 is 0 Å². The SMILES string of the molecule is CC(C)(C)[Si](C)(C)OC1CC(C(=O)NCc2ccccc2)Oc2ccccc21. The maximum Gasteiger partial charge on any atom is 0.261 e. The third-order valence-electron chi connectivity index (χ3n) is 5.81. The highest BCUT2D eigenvalue weighted by molar-refractivity contribution is 6.74. The minimum absolute atomic E-state index is 0.0952. The summed E-state index contributed by atoms with van der Waals surface area (Å²) in [6.45, 7) is 11.7. The molecule has 5 heteroatoms. The van der Waals surface area contributed by atoms with Gasteiger partial charge in [-0.3, -0.25) is 4.79 Å². The second kappa shape index (κ2) is 8.09. The molecule has 3 rings (SSSR count). The first-order valence-corrected chi connectivity index (χ1v) is 12.8. The van der Waals surface area contributed by atoms with E-state index in [9.17, 15) is 4.79 Å². The average Bonchev–Trinajstić information content (AvgIpc) is 2.65. The van der Waals surface area contributed by atoms with Crippen molar-refractivity contribution in [1.29, 1.82) is 0 Å². The number of fused-ring (bicyclic) bond motifs is 1. The maximum absolute atomic E-state index is 12.8. The Balaban J connectivity index is 1.75. The van der Waals surface area contributed by atoms with E-state index in [1.54, 1.807) is 0 Å². The molecule has 2 aromatic carbocycles. The maximum atomic E-state index is 12.8. The zero-order valence-corrected chi connectivity index (χ0v) is 18.5. The molecule has 0 saturated carbocycles. The molecule has 2 unspecified atom stereocenters. The minimum Gasteiger partial charge on any atom is -0.480 e. The van der Waals surface area contributed by atoms with E-state index in [1.165, 1.54) is 0 Å².